The maximum Gasteiger partial charge on any atom is 0.443 e. The van der Waals surface area contributed by atoms with E-state index in [1.807, 2.05) is 0 Å². The van der Waals surface area contributed by atoms with E-state index in [0.29, 0.717) is 17.5 Å². The first kappa shape index (κ1) is 16.9. The Morgan fingerprint density at radius 2 is 2.00 bits per heavy atom. The minimum Gasteiger partial charge on any atom is -0.296 e. The Morgan fingerprint density at radius 3 is 2.57 bits per heavy atom. The summed E-state index contributed by atoms with van der Waals surface area (Å²) in [6.07, 6.45) is -2.98. The van der Waals surface area contributed by atoms with Crippen LogP contribution < -0.4 is 0 Å². The average molecular weight is 361 g/mol. The zero-order chi connectivity index (χ0) is 16.4. The van der Waals surface area contributed by atoms with Gasteiger partial charge in [-0.15, -0.1) is 11.3 Å². The molecule has 8 heteroatoms. The van der Waals surface area contributed by atoms with Crippen molar-refractivity contribution in [2.24, 2.45) is 0 Å². The number of hydrogen-bond acceptors (Lipinski definition) is 5. The quantitative estimate of drug-likeness (QED) is 0.817. The van der Waals surface area contributed by atoms with Crippen molar-refractivity contribution in [3.63, 3.8) is 0 Å². The maximum absolute atomic E-state index is 12.6. The number of piperazine rings is 1. The maximum atomic E-state index is 12.6. The predicted octanol–water partition coefficient (Wildman–Crippen LogP) is 4.10. The molecule has 1 aliphatic rings. The Labute approximate surface area is 141 Å². The van der Waals surface area contributed by atoms with Gasteiger partial charge >= 0.3 is 6.18 Å². The molecule has 1 aliphatic heterocycles. The van der Waals surface area contributed by atoms with Crippen molar-refractivity contribution in [2.45, 2.75) is 25.7 Å². The van der Waals surface area contributed by atoms with Crippen molar-refractivity contribution in [3.8, 4) is 0 Å². The molecule has 0 radical (unpaired) electrons. The van der Waals surface area contributed by atoms with Crippen molar-refractivity contribution in [1.82, 2.24) is 14.8 Å². The van der Waals surface area contributed by atoms with Crippen LogP contribution in [0.25, 0.3) is 0 Å². The lowest BCUT2D eigenvalue weighted by Crippen LogP contribution is -2.46. The van der Waals surface area contributed by atoms with Crippen LogP contribution in [0.2, 0.25) is 0 Å². The molecule has 0 spiro atoms. The Bertz CT molecular complexity index is 616. The Kier molecular flexibility index (Phi) is 5.05. The lowest BCUT2D eigenvalue weighted by Gasteiger charge is -2.37. The largest absolute Gasteiger partial charge is 0.443 e. The van der Waals surface area contributed by atoms with E-state index < -0.39 is 11.2 Å². The number of nitrogens with zero attached hydrogens (tertiary/aromatic N) is 3. The molecule has 2 aromatic heterocycles. The molecule has 0 bridgehead atoms. The molecule has 23 heavy (non-hydrogen) atoms. The third-order valence-corrected chi connectivity index (χ3v) is 5.88. The van der Waals surface area contributed by atoms with Crippen LogP contribution in [-0.2, 0) is 12.7 Å². The average Bonchev–Trinajstić information content (AvgIpc) is 3.18. The van der Waals surface area contributed by atoms with Gasteiger partial charge in [-0.3, -0.25) is 9.80 Å². The van der Waals surface area contributed by atoms with Gasteiger partial charge in [-0.25, -0.2) is 4.98 Å². The van der Waals surface area contributed by atoms with Gasteiger partial charge in [0.1, 0.15) is 0 Å². The van der Waals surface area contributed by atoms with Crippen LogP contribution in [0.1, 0.15) is 28.4 Å². The van der Waals surface area contributed by atoms with Gasteiger partial charge in [-0.1, -0.05) is 0 Å². The summed E-state index contributed by atoms with van der Waals surface area (Å²) in [6, 6.07) is 2.54. The van der Waals surface area contributed by atoms with Crippen LogP contribution in [0.4, 0.5) is 13.2 Å². The highest BCUT2D eigenvalue weighted by molar-refractivity contribution is 7.11. The number of thiophene rings is 1. The molecule has 0 aliphatic carbocycles. The van der Waals surface area contributed by atoms with Crippen molar-refractivity contribution < 1.29 is 13.2 Å². The molecule has 1 saturated heterocycles. The molecule has 3 heterocycles. The van der Waals surface area contributed by atoms with Crippen LogP contribution in [0.5, 0.6) is 0 Å². The van der Waals surface area contributed by atoms with E-state index in [1.165, 1.54) is 11.8 Å². The molecule has 0 N–H and O–H groups in total. The van der Waals surface area contributed by atoms with Gasteiger partial charge in [0, 0.05) is 49.8 Å². The lowest BCUT2D eigenvalue weighted by molar-refractivity contribution is -0.137. The molecule has 0 aromatic carbocycles. The Balaban J connectivity index is 1.52. The zero-order valence-electron chi connectivity index (χ0n) is 12.7. The fourth-order valence-electron chi connectivity index (χ4n) is 2.76. The molecule has 126 valence electrons. The van der Waals surface area contributed by atoms with Crippen molar-refractivity contribution >= 4 is 22.7 Å². The van der Waals surface area contributed by atoms with Crippen LogP contribution in [-0.4, -0.2) is 41.0 Å². The molecule has 0 saturated carbocycles. The van der Waals surface area contributed by atoms with Crippen molar-refractivity contribution in [2.75, 3.05) is 26.2 Å². The molecular formula is C15H18F3N3S2. The summed E-state index contributed by atoms with van der Waals surface area (Å²) in [5.74, 6) is 0. The van der Waals surface area contributed by atoms with Crippen LogP contribution >= 0.6 is 22.7 Å². The summed E-state index contributed by atoms with van der Waals surface area (Å²) in [5, 5.41) is 3.51. The van der Waals surface area contributed by atoms with Crippen LogP contribution in [0.15, 0.2) is 23.0 Å². The summed E-state index contributed by atoms with van der Waals surface area (Å²) >= 11 is 2.45. The molecule has 2 aromatic rings. The van der Waals surface area contributed by atoms with Gasteiger partial charge in [0.15, 0.2) is 5.01 Å². The fourth-order valence-corrected chi connectivity index (χ4v) is 4.33. The second-order valence-electron chi connectivity index (χ2n) is 5.67. The van der Waals surface area contributed by atoms with E-state index in [9.17, 15) is 13.2 Å². The Hall–Kier alpha value is -0.960. The SMILES string of the molecule is CC(c1ccsc1)N1CCN(Cc2cnc(C(F)(F)F)s2)CC1. The van der Waals surface area contributed by atoms with Gasteiger partial charge in [0.25, 0.3) is 0 Å². The molecule has 3 nitrogen and oxygen atoms in total. The summed E-state index contributed by atoms with van der Waals surface area (Å²) in [5.41, 5.74) is 1.33. The monoisotopic (exact) mass is 361 g/mol. The minimum atomic E-state index is -4.34. The number of aromatic nitrogens is 1. The number of thiazole rings is 1. The van der Waals surface area contributed by atoms with Gasteiger partial charge in [-0.05, 0) is 29.3 Å². The highest BCUT2D eigenvalue weighted by atomic mass is 32.1. The summed E-state index contributed by atoms with van der Waals surface area (Å²) in [4.78, 5) is 8.79. The minimum absolute atomic E-state index is 0.392. The third kappa shape index (κ3) is 4.12. The smallest absolute Gasteiger partial charge is 0.296 e. The van der Waals surface area contributed by atoms with E-state index in [0.717, 1.165) is 37.5 Å². The standard InChI is InChI=1S/C15H18F3N3S2/c1-11(12-2-7-22-10-12)21-5-3-20(4-6-21)9-13-8-19-14(23-13)15(16,17)18/h2,7-8,10-11H,3-6,9H2,1H3. The lowest BCUT2D eigenvalue weighted by atomic mass is 10.1. The first-order valence-corrected chi connectivity index (χ1v) is 9.20. The summed E-state index contributed by atoms with van der Waals surface area (Å²) < 4.78 is 37.7. The Morgan fingerprint density at radius 1 is 1.26 bits per heavy atom. The van der Waals surface area contributed by atoms with Crippen LogP contribution in [0.3, 0.4) is 0 Å². The summed E-state index contributed by atoms with van der Waals surface area (Å²) in [6.45, 7) is 6.36. The third-order valence-electron chi connectivity index (χ3n) is 4.16. The van der Waals surface area contributed by atoms with E-state index in [2.05, 4.69) is 38.5 Å². The summed E-state index contributed by atoms with van der Waals surface area (Å²) in [7, 11) is 0. The molecule has 1 fully saturated rings. The number of rotatable bonds is 4. The van der Waals surface area contributed by atoms with Gasteiger partial charge in [-0.2, -0.15) is 24.5 Å². The molecule has 1 atom stereocenters. The van der Waals surface area contributed by atoms with E-state index in [1.54, 1.807) is 11.3 Å². The van der Waals surface area contributed by atoms with E-state index in [4.69, 9.17) is 0 Å². The zero-order valence-corrected chi connectivity index (χ0v) is 14.3. The van der Waals surface area contributed by atoms with Crippen molar-refractivity contribution in [1.29, 1.82) is 0 Å². The van der Waals surface area contributed by atoms with Crippen molar-refractivity contribution in [3.05, 3.63) is 38.5 Å². The normalized spacial score (nSPS) is 19.1. The molecule has 3 rings (SSSR count). The number of alkyl halides is 3. The molecule has 1 unspecified atom stereocenters. The second-order valence-corrected chi connectivity index (χ2v) is 7.57. The van der Waals surface area contributed by atoms with E-state index in [-0.39, 0.29) is 0 Å². The molecular weight excluding hydrogens is 343 g/mol. The second kappa shape index (κ2) is 6.88. The number of hydrogen-bond donors (Lipinski definition) is 0. The highest BCUT2D eigenvalue weighted by Crippen LogP contribution is 2.33. The number of halogens is 3. The first-order valence-electron chi connectivity index (χ1n) is 7.44. The van der Waals surface area contributed by atoms with Gasteiger partial charge in [0.05, 0.1) is 0 Å². The molecule has 0 amide bonds. The van der Waals surface area contributed by atoms with E-state index >= 15 is 0 Å². The highest BCUT2D eigenvalue weighted by Gasteiger charge is 2.34. The van der Waals surface area contributed by atoms with Gasteiger partial charge in [0.2, 0.25) is 0 Å². The first-order chi connectivity index (χ1) is 10.9. The topological polar surface area (TPSA) is 19.4 Å². The fraction of sp³-hybridized carbons (Fsp3) is 0.533. The van der Waals surface area contributed by atoms with Crippen LogP contribution in [0, 0.1) is 0 Å². The van der Waals surface area contributed by atoms with Gasteiger partial charge < -0.3 is 0 Å². The predicted molar refractivity (Wildman–Crippen MR) is 86.7 cm³/mol.